The number of hydrogen-bond donors (Lipinski definition) is 3. The van der Waals surface area contributed by atoms with Gasteiger partial charge in [0.1, 0.15) is 29.6 Å². The fourth-order valence-corrected chi connectivity index (χ4v) is 3.51. The predicted molar refractivity (Wildman–Crippen MR) is 102 cm³/mol. The molecule has 0 radical (unpaired) electrons. The molecule has 4 atom stereocenters. The second kappa shape index (κ2) is 7.56. The van der Waals surface area contributed by atoms with Crippen LogP contribution in [0.4, 0.5) is 0 Å². The fourth-order valence-electron chi connectivity index (χ4n) is 3.51. The van der Waals surface area contributed by atoms with E-state index < -0.39 is 31.1 Å². The molecule has 1 fully saturated rings. The van der Waals surface area contributed by atoms with Crippen LogP contribution < -0.4 is 10.3 Å². The van der Waals surface area contributed by atoms with E-state index in [2.05, 4.69) is 10.1 Å². The summed E-state index contributed by atoms with van der Waals surface area (Å²) in [6.45, 7) is 1.51. The van der Waals surface area contributed by atoms with Crippen molar-refractivity contribution in [2.45, 2.75) is 38.0 Å². The van der Waals surface area contributed by atoms with Gasteiger partial charge in [-0.1, -0.05) is 12.1 Å². The lowest BCUT2D eigenvalue weighted by Crippen LogP contribution is -2.33. The van der Waals surface area contributed by atoms with Gasteiger partial charge in [0.15, 0.2) is 11.7 Å². The number of hydrogen-bond acceptors (Lipinski definition) is 8. The molecule has 1 saturated heterocycles. The molecule has 29 heavy (non-hydrogen) atoms. The van der Waals surface area contributed by atoms with Crippen molar-refractivity contribution in [3.63, 3.8) is 0 Å². The maximum Gasteiger partial charge on any atom is 0.279 e. The highest BCUT2D eigenvalue weighted by Gasteiger charge is 2.44. The molecular weight excluding hydrogens is 380 g/mol. The van der Waals surface area contributed by atoms with Gasteiger partial charge in [0.25, 0.3) is 5.56 Å². The quantitative estimate of drug-likeness (QED) is 0.524. The van der Waals surface area contributed by atoms with Crippen LogP contribution in [0.3, 0.4) is 0 Å². The number of aliphatic hydroxyl groups is 3. The third-order valence-corrected chi connectivity index (χ3v) is 5.11. The maximum atomic E-state index is 13.2. The smallest absolute Gasteiger partial charge is 0.279 e. The first-order chi connectivity index (χ1) is 13.9. The topological polar surface area (TPSA) is 132 Å². The average Bonchev–Trinajstić information content (AvgIpc) is 3.21. The van der Waals surface area contributed by atoms with E-state index in [4.69, 9.17) is 9.47 Å². The maximum absolute atomic E-state index is 13.2. The number of fused-ring (bicyclic) bond motifs is 1. The van der Waals surface area contributed by atoms with Crippen molar-refractivity contribution in [3.05, 3.63) is 52.2 Å². The molecule has 3 aromatic rings. The lowest BCUT2D eigenvalue weighted by atomic mass is 10.1. The monoisotopic (exact) mass is 402 g/mol. The summed E-state index contributed by atoms with van der Waals surface area (Å²) in [5.41, 5.74) is 1.56. The van der Waals surface area contributed by atoms with Crippen LogP contribution in [-0.2, 0) is 11.3 Å². The molecule has 1 aromatic carbocycles. The number of benzene rings is 1. The Hall–Kier alpha value is -2.79. The van der Waals surface area contributed by atoms with Gasteiger partial charge in [-0.3, -0.25) is 9.36 Å². The van der Waals surface area contributed by atoms with E-state index in [1.165, 1.54) is 15.6 Å². The number of ether oxygens (including phenoxy) is 2. The summed E-state index contributed by atoms with van der Waals surface area (Å²) in [5, 5.41) is 34.0. The SMILES string of the molecule is COc1ccc(Cn2cnc3c(C)nn([C@@H]4O[C@H](CO)[C@@H](O)[C@H]4O)c3c2=O)cc1. The van der Waals surface area contributed by atoms with E-state index in [1.807, 2.05) is 12.1 Å². The fraction of sp³-hybridized carbons (Fsp3) is 0.421. The van der Waals surface area contributed by atoms with Crippen molar-refractivity contribution < 1.29 is 24.8 Å². The number of rotatable bonds is 5. The Kier molecular flexibility index (Phi) is 5.09. The van der Waals surface area contributed by atoms with Gasteiger partial charge in [0.05, 0.1) is 32.3 Å². The summed E-state index contributed by atoms with van der Waals surface area (Å²) in [5.74, 6) is 0.716. The second-order valence-electron chi connectivity index (χ2n) is 6.98. The van der Waals surface area contributed by atoms with Gasteiger partial charge >= 0.3 is 0 Å². The minimum atomic E-state index is -1.34. The molecule has 4 rings (SSSR count). The summed E-state index contributed by atoms with van der Waals surface area (Å²) in [7, 11) is 1.58. The summed E-state index contributed by atoms with van der Waals surface area (Å²) in [6.07, 6.45) is -3.25. The molecule has 1 aliphatic rings. The summed E-state index contributed by atoms with van der Waals surface area (Å²) >= 11 is 0. The number of aryl methyl sites for hydroxylation is 1. The molecule has 0 aliphatic carbocycles. The average molecular weight is 402 g/mol. The zero-order valence-corrected chi connectivity index (χ0v) is 16.0. The lowest BCUT2D eigenvalue weighted by Gasteiger charge is -2.16. The van der Waals surface area contributed by atoms with E-state index >= 15 is 0 Å². The van der Waals surface area contributed by atoms with Crippen molar-refractivity contribution >= 4 is 11.0 Å². The molecular formula is C19H22N4O6. The van der Waals surface area contributed by atoms with Crippen molar-refractivity contribution in [1.29, 1.82) is 0 Å². The minimum absolute atomic E-state index is 0.161. The number of nitrogens with zero attached hydrogens (tertiary/aromatic N) is 4. The van der Waals surface area contributed by atoms with E-state index in [9.17, 15) is 20.1 Å². The Morgan fingerprint density at radius 2 is 1.93 bits per heavy atom. The van der Waals surface area contributed by atoms with Crippen LogP contribution in [0.5, 0.6) is 5.75 Å². The molecule has 1 aliphatic heterocycles. The van der Waals surface area contributed by atoms with Gasteiger partial charge < -0.3 is 24.8 Å². The van der Waals surface area contributed by atoms with Crippen molar-refractivity contribution in [2.24, 2.45) is 0 Å². The molecule has 0 amide bonds. The van der Waals surface area contributed by atoms with Crippen LogP contribution in [0.1, 0.15) is 17.5 Å². The Morgan fingerprint density at radius 1 is 1.21 bits per heavy atom. The highest BCUT2D eigenvalue weighted by molar-refractivity contribution is 5.76. The zero-order valence-electron chi connectivity index (χ0n) is 16.0. The van der Waals surface area contributed by atoms with Gasteiger partial charge in [-0.2, -0.15) is 5.10 Å². The molecule has 0 saturated carbocycles. The summed E-state index contributed by atoms with van der Waals surface area (Å²) in [6, 6.07) is 7.31. The molecule has 2 aromatic heterocycles. The highest BCUT2D eigenvalue weighted by atomic mass is 16.6. The van der Waals surface area contributed by atoms with Crippen molar-refractivity contribution in [1.82, 2.24) is 19.3 Å². The lowest BCUT2D eigenvalue weighted by molar-refractivity contribution is -0.0566. The van der Waals surface area contributed by atoms with Crippen molar-refractivity contribution in [3.8, 4) is 5.75 Å². The van der Waals surface area contributed by atoms with Crippen LogP contribution in [0.2, 0.25) is 0 Å². The number of methoxy groups -OCH3 is 1. The molecule has 10 heteroatoms. The summed E-state index contributed by atoms with van der Waals surface area (Å²) < 4.78 is 13.4. The largest absolute Gasteiger partial charge is 0.497 e. The molecule has 0 bridgehead atoms. The molecule has 10 nitrogen and oxygen atoms in total. The normalized spacial score (nSPS) is 24.3. The molecule has 0 unspecified atom stereocenters. The van der Waals surface area contributed by atoms with E-state index in [-0.39, 0.29) is 17.6 Å². The Bertz CT molecular complexity index is 1080. The number of aromatic nitrogens is 4. The highest BCUT2D eigenvalue weighted by Crippen LogP contribution is 2.31. The van der Waals surface area contributed by atoms with E-state index in [0.717, 1.165) is 5.56 Å². The molecule has 0 spiro atoms. The van der Waals surface area contributed by atoms with Crippen LogP contribution in [0, 0.1) is 6.92 Å². The Labute approximate surface area is 165 Å². The van der Waals surface area contributed by atoms with Crippen LogP contribution in [0.25, 0.3) is 11.0 Å². The van der Waals surface area contributed by atoms with Gasteiger partial charge in [-0.25, -0.2) is 9.67 Å². The first-order valence-electron chi connectivity index (χ1n) is 9.14. The standard InChI is InChI=1S/C19H22N4O6/c1-10-14-15(23(21-10)19-17(26)16(25)13(8-24)29-19)18(27)22(9-20-14)7-11-3-5-12(28-2)6-4-11/h3-6,9,13,16-17,19,24-26H,7-8H2,1-2H3/t13-,16-,17-,19-/m1/s1. The van der Waals surface area contributed by atoms with E-state index in [0.29, 0.717) is 17.0 Å². The van der Waals surface area contributed by atoms with E-state index in [1.54, 1.807) is 26.2 Å². The van der Waals surface area contributed by atoms with Crippen LogP contribution in [0.15, 0.2) is 35.4 Å². The number of aliphatic hydroxyl groups excluding tert-OH is 3. The van der Waals surface area contributed by atoms with Crippen LogP contribution in [-0.4, -0.2) is 66.7 Å². The Morgan fingerprint density at radius 3 is 2.55 bits per heavy atom. The first kappa shape index (κ1) is 19.5. The van der Waals surface area contributed by atoms with Gasteiger partial charge in [0, 0.05) is 0 Å². The Balaban J connectivity index is 1.75. The van der Waals surface area contributed by atoms with Gasteiger partial charge in [-0.15, -0.1) is 0 Å². The third-order valence-electron chi connectivity index (χ3n) is 5.11. The first-order valence-corrected chi connectivity index (χ1v) is 9.14. The third kappa shape index (κ3) is 3.29. The van der Waals surface area contributed by atoms with Gasteiger partial charge in [-0.05, 0) is 24.6 Å². The zero-order chi connectivity index (χ0) is 20.7. The van der Waals surface area contributed by atoms with Gasteiger partial charge in [0.2, 0.25) is 0 Å². The summed E-state index contributed by atoms with van der Waals surface area (Å²) in [4.78, 5) is 17.5. The second-order valence-corrected chi connectivity index (χ2v) is 6.98. The predicted octanol–water partition coefficient (Wildman–Crippen LogP) is -0.430. The molecule has 3 heterocycles. The molecule has 154 valence electrons. The van der Waals surface area contributed by atoms with Crippen molar-refractivity contribution in [2.75, 3.05) is 13.7 Å². The minimum Gasteiger partial charge on any atom is -0.497 e. The molecule has 3 N–H and O–H groups in total. The van der Waals surface area contributed by atoms with Crippen LogP contribution >= 0.6 is 0 Å².